The van der Waals surface area contributed by atoms with Gasteiger partial charge in [0.15, 0.2) is 0 Å². The fraction of sp³-hybridized carbons (Fsp3) is 0.440. The second-order valence-electron chi connectivity index (χ2n) is 8.24. The number of rotatable bonds is 6. The lowest BCUT2D eigenvalue weighted by molar-refractivity contribution is -0.134. The highest BCUT2D eigenvalue weighted by Gasteiger charge is 2.41. The second kappa shape index (κ2) is 10.1. The minimum atomic E-state index is -0.643. The van der Waals surface area contributed by atoms with E-state index in [2.05, 4.69) is 5.32 Å². The third-order valence-corrected chi connectivity index (χ3v) is 6.35. The van der Waals surface area contributed by atoms with Gasteiger partial charge in [0.2, 0.25) is 11.8 Å². The van der Waals surface area contributed by atoms with Gasteiger partial charge in [0.05, 0.1) is 32.2 Å². The van der Waals surface area contributed by atoms with E-state index in [9.17, 15) is 9.59 Å². The Balaban J connectivity index is 1.44. The Morgan fingerprint density at radius 3 is 2.19 bits per heavy atom. The summed E-state index contributed by atoms with van der Waals surface area (Å²) in [5.41, 5.74) is 1.97. The van der Waals surface area contributed by atoms with Crippen LogP contribution in [0.3, 0.4) is 0 Å². The first-order chi connectivity index (χ1) is 15.6. The first-order valence-electron chi connectivity index (χ1n) is 11.1. The number of benzene rings is 2. The van der Waals surface area contributed by atoms with Gasteiger partial charge in [-0.2, -0.15) is 0 Å². The average Bonchev–Trinajstić information content (AvgIpc) is 2.86. The predicted octanol–water partition coefficient (Wildman–Crippen LogP) is 2.78. The Morgan fingerprint density at radius 1 is 0.938 bits per heavy atom. The van der Waals surface area contributed by atoms with Gasteiger partial charge in [0.25, 0.3) is 0 Å². The summed E-state index contributed by atoms with van der Waals surface area (Å²) in [6.07, 6.45) is 1.59. The van der Waals surface area contributed by atoms with E-state index in [0.29, 0.717) is 58.8 Å². The third-order valence-electron chi connectivity index (χ3n) is 6.35. The maximum atomic E-state index is 13.4. The molecule has 1 N–H and O–H groups in total. The summed E-state index contributed by atoms with van der Waals surface area (Å²) in [5.74, 6) is 0.826. The van der Waals surface area contributed by atoms with Gasteiger partial charge < -0.3 is 24.4 Å². The largest absolute Gasteiger partial charge is 0.497 e. The van der Waals surface area contributed by atoms with Crippen molar-refractivity contribution in [2.45, 2.75) is 24.7 Å². The highest BCUT2D eigenvalue weighted by atomic mass is 16.5. The molecule has 0 bridgehead atoms. The lowest BCUT2D eigenvalue weighted by Crippen LogP contribution is -2.44. The normalized spacial score (nSPS) is 18.1. The van der Waals surface area contributed by atoms with Gasteiger partial charge in [-0.15, -0.1) is 0 Å². The number of methoxy groups -OCH3 is 1. The number of carbonyl (C=O) groups is 2. The molecule has 170 valence electrons. The Labute approximate surface area is 188 Å². The van der Waals surface area contributed by atoms with Crippen molar-refractivity contribution in [2.75, 3.05) is 51.9 Å². The first kappa shape index (κ1) is 22.3. The minimum Gasteiger partial charge on any atom is -0.497 e. The van der Waals surface area contributed by atoms with Gasteiger partial charge in [-0.05, 0) is 48.2 Å². The summed E-state index contributed by atoms with van der Waals surface area (Å²) in [4.78, 5) is 27.7. The topological polar surface area (TPSA) is 77.1 Å². The van der Waals surface area contributed by atoms with Crippen LogP contribution in [0.2, 0.25) is 0 Å². The van der Waals surface area contributed by atoms with Crippen LogP contribution in [0.4, 0.5) is 5.69 Å². The molecule has 2 aliphatic heterocycles. The molecule has 2 aliphatic rings. The molecule has 2 fully saturated rings. The summed E-state index contributed by atoms with van der Waals surface area (Å²) in [5, 5.41) is 3.09. The van der Waals surface area contributed by atoms with Crippen LogP contribution in [0.1, 0.15) is 24.0 Å². The Hall–Kier alpha value is -2.90. The summed E-state index contributed by atoms with van der Waals surface area (Å²) in [6, 6.07) is 15.2. The van der Waals surface area contributed by atoms with Crippen molar-refractivity contribution in [1.29, 1.82) is 0 Å². The van der Waals surface area contributed by atoms with E-state index in [1.165, 1.54) is 0 Å². The number of nitrogens with zero attached hydrogens (tertiary/aromatic N) is 1. The monoisotopic (exact) mass is 438 g/mol. The molecule has 0 aliphatic carbocycles. The molecule has 2 saturated heterocycles. The van der Waals surface area contributed by atoms with E-state index in [1.54, 1.807) is 7.11 Å². The molecule has 2 aromatic carbocycles. The van der Waals surface area contributed by atoms with Crippen LogP contribution < -0.4 is 10.1 Å². The van der Waals surface area contributed by atoms with E-state index >= 15 is 0 Å². The van der Waals surface area contributed by atoms with Crippen molar-refractivity contribution in [2.24, 2.45) is 0 Å². The molecule has 32 heavy (non-hydrogen) atoms. The summed E-state index contributed by atoms with van der Waals surface area (Å²) in [6.45, 7) is 3.56. The van der Waals surface area contributed by atoms with Gasteiger partial charge in [-0.3, -0.25) is 9.59 Å². The molecule has 0 atom stereocenters. The fourth-order valence-electron chi connectivity index (χ4n) is 4.33. The number of morpholine rings is 1. The van der Waals surface area contributed by atoms with E-state index in [-0.39, 0.29) is 11.8 Å². The number of anilines is 1. The average molecular weight is 439 g/mol. The number of ether oxygens (including phenoxy) is 3. The van der Waals surface area contributed by atoms with Crippen molar-refractivity contribution < 1.29 is 23.8 Å². The van der Waals surface area contributed by atoms with Crippen LogP contribution in [0.15, 0.2) is 48.5 Å². The molecule has 0 radical (unpaired) electrons. The zero-order valence-corrected chi connectivity index (χ0v) is 18.5. The van der Waals surface area contributed by atoms with E-state index in [4.69, 9.17) is 14.2 Å². The molecule has 0 saturated carbocycles. The lowest BCUT2D eigenvalue weighted by atomic mass is 9.73. The zero-order valence-electron chi connectivity index (χ0n) is 18.5. The van der Waals surface area contributed by atoms with Gasteiger partial charge >= 0.3 is 0 Å². The molecular formula is C25H30N2O5. The van der Waals surface area contributed by atoms with Crippen LogP contribution in [0.5, 0.6) is 5.75 Å². The van der Waals surface area contributed by atoms with Crippen LogP contribution in [-0.2, 0) is 30.9 Å². The predicted molar refractivity (Wildman–Crippen MR) is 121 cm³/mol. The SMILES string of the molecule is COc1ccc(C2(C(=O)Nc3ccc(CC(=O)N4CCOCC4)cc3)CCOCC2)cc1. The quantitative estimate of drug-likeness (QED) is 0.751. The van der Waals surface area contributed by atoms with Crippen molar-refractivity contribution in [3.63, 3.8) is 0 Å². The van der Waals surface area contributed by atoms with Crippen molar-refractivity contribution in [1.82, 2.24) is 4.90 Å². The van der Waals surface area contributed by atoms with Crippen LogP contribution >= 0.6 is 0 Å². The number of nitrogens with one attached hydrogen (secondary N) is 1. The van der Waals surface area contributed by atoms with E-state index < -0.39 is 5.41 Å². The standard InChI is InChI=1S/C25H30N2O5/c1-30-22-8-4-20(5-9-22)25(10-14-31-15-11-25)24(29)26-21-6-2-19(3-7-21)18-23(28)27-12-16-32-17-13-27/h2-9H,10-18H2,1H3,(H,26,29). The molecule has 2 amide bonds. The molecule has 2 aromatic rings. The molecule has 7 heteroatoms. The number of amides is 2. The molecule has 7 nitrogen and oxygen atoms in total. The van der Waals surface area contributed by atoms with Crippen molar-refractivity contribution in [3.05, 3.63) is 59.7 Å². The number of hydrogen-bond acceptors (Lipinski definition) is 5. The molecule has 2 heterocycles. The zero-order chi connectivity index (χ0) is 22.4. The lowest BCUT2D eigenvalue weighted by Gasteiger charge is -2.36. The maximum Gasteiger partial charge on any atom is 0.235 e. The smallest absolute Gasteiger partial charge is 0.235 e. The first-order valence-corrected chi connectivity index (χ1v) is 11.1. The Kier molecular flexibility index (Phi) is 7.07. The van der Waals surface area contributed by atoms with Gasteiger partial charge in [0, 0.05) is 32.0 Å². The van der Waals surface area contributed by atoms with Crippen LogP contribution in [0.25, 0.3) is 0 Å². The highest BCUT2D eigenvalue weighted by molar-refractivity contribution is 5.99. The van der Waals surface area contributed by atoms with Gasteiger partial charge in [0.1, 0.15) is 5.75 Å². The minimum absolute atomic E-state index is 0.0388. The molecule has 0 aromatic heterocycles. The van der Waals surface area contributed by atoms with Gasteiger partial charge in [-0.25, -0.2) is 0 Å². The Bertz CT molecular complexity index is 914. The Morgan fingerprint density at radius 2 is 1.56 bits per heavy atom. The highest BCUT2D eigenvalue weighted by Crippen LogP contribution is 2.37. The third kappa shape index (κ3) is 4.95. The van der Waals surface area contributed by atoms with Crippen LogP contribution in [0, 0.1) is 0 Å². The molecule has 0 unspecified atom stereocenters. The summed E-state index contributed by atoms with van der Waals surface area (Å²) in [7, 11) is 1.63. The summed E-state index contributed by atoms with van der Waals surface area (Å²) < 4.78 is 16.1. The molecule has 0 spiro atoms. The molecule has 4 rings (SSSR count). The molecular weight excluding hydrogens is 408 g/mol. The number of hydrogen-bond donors (Lipinski definition) is 1. The van der Waals surface area contributed by atoms with E-state index in [0.717, 1.165) is 22.6 Å². The van der Waals surface area contributed by atoms with Crippen LogP contribution in [-0.4, -0.2) is 63.3 Å². The van der Waals surface area contributed by atoms with Crippen molar-refractivity contribution >= 4 is 17.5 Å². The fourth-order valence-corrected chi connectivity index (χ4v) is 4.33. The summed E-state index contributed by atoms with van der Waals surface area (Å²) >= 11 is 0. The van der Waals surface area contributed by atoms with Crippen molar-refractivity contribution in [3.8, 4) is 5.75 Å². The van der Waals surface area contributed by atoms with E-state index in [1.807, 2.05) is 53.4 Å². The number of carbonyl (C=O) groups excluding carboxylic acids is 2. The maximum absolute atomic E-state index is 13.4. The van der Waals surface area contributed by atoms with Gasteiger partial charge in [-0.1, -0.05) is 24.3 Å². The second-order valence-corrected chi connectivity index (χ2v) is 8.24.